The van der Waals surface area contributed by atoms with E-state index in [9.17, 15) is 9.59 Å². The number of nitrogens with one attached hydrogen (secondary N) is 1. The second-order valence-corrected chi connectivity index (χ2v) is 8.28. The van der Waals surface area contributed by atoms with Gasteiger partial charge in [0.05, 0.1) is 16.7 Å². The quantitative estimate of drug-likeness (QED) is 0.606. The first kappa shape index (κ1) is 19.8. The molecule has 0 unspecified atom stereocenters. The molecule has 0 aliphatic heterocycles. The van der Waals surface area contributed by atoms with Gasteiger partial charge < -0.3 is 5.32 Å². The number of nitrogens with zero attached hydrogens (tertiary/aromatic N) is 2. The highest BCUT2D eigenvalue weighted by Gasteiger charge is 2.19. The van der Waals surface area contributed by atoms with Crippen molar-refractivity contribution >= 4 is 40.2 Å². The minimum absolute atomic E-state index is 0.0577. The molecule has 1 N–H and O–H groups in total. The number of carbonyl (C=O) groups excluding carboxylic acids is 1. The molecule has 0 atom stereocenters. The van der Waals surface area contributed by atoms with E-state index < -0.39 is 0 Å². The molecule has 0 aliphatic rings. The summed E-state index contributed by atoms with van der Waals surface area (Å²) < 4.78 is 1.62. The molecule has 0 bridgehead atoms. The van der Waals surface area contributed by atoms with Crippen LogP contribution in [0.3, 0.4) is 0 Å². The summed E-state index contributed by atoms with van der Waals surface area (Å²) in [7, 11) is 0. The smallest absolute Gasteiger partial charge is 0.262 e. The molecule has 1 aromatic carbocycles. The van der Waals surface area contributed by atoms with Crippen LogP contribution in [0.15, 0.2) is 28.2 Å². The third-order valence-corrected chi connectivity index (χ3v) is 5.23. The van der Waals surface area contributed by atoms with Crippen LogP contribution in [-0.2, 0) is 4.79 Å². The molecule has 1 amide bonds. The lowest BCUT2D eigenvalue weighted by molar-refractivity contribution is -0.120. The molecule has 0 saturated heterocycles. The van der Waals surface area contributed by atoms with Crippen LogP contribution in [0.25, 0.3) is 10.9 Å². The highest BCUT2D eigenvalue weighted by atomic mass is 35.5. The molecule has 1 heterocycles. The Morgan fingerprint density at radius 2 is 2.08 bits per heavy atom. The van der Waals surface area contributed by atoms with Crippen molar-refractivity contribution in [3.05, 3.63) is 33.6 Å². The Balaban J connectivity index is 2.35. The fourth-order valence-electron chi connectivity index (χ4n) is 2.34. The minimum atomic E-state index is -0.250. The number of hydrogen-bond acceptors (Lipinski definition) is 4. The Morgan fingerprint density at radius 1 is 1.40 bits per heavy atom. The Bertz CT molecular complexity index is 846. The van der Waals surface area contributed by atoms with Gasteiger partial charge in [-0.3, -0.25) is 14.2 Å². The van der Waals surface area contributed by atoms with Crippen LogP contribution in [0.2, 0.25) is 5.02 Å². The van der Waals surface area contributed by atoms with Crippen LogP contribution < -0.4 is 10.9 Å². The van der Waals surface area contributed by atoms with Crippen LogP contribution in [0, 0.1) is 0 Å². The van der Waals surface area contributed by atoms with Crippen LogP contribution in [0.4, 0.5) is 0 Å². The summed E-state index contributed by atoms with van der Waals surface area (Å²) in [5.41, 5.74) is 0.180. The van der Waals surface area contributed by atoms with E-state index in [0.717, 1.165) is 6.42 Å². The fourth-order valence-corrected chi connectivity index (χ4v) is 3.44. The number of hydrogen-bond donors (Lipinski definition) is 1. The lowest BCUT2D eigenvalue weighted by atomic mass is 10.0. The summed E-state index contributed by atoms with van der Waals surface area (Å²) in [6.07, 6.45) is 0.840. The van der Waals surface area contributed by atoms with Gasteiger partial charge in [0.1, 0.15) is 0 Å². The van der Waals surface area contributed by atoms with Crippen LogP contribution >= 0.6 is 23.4 Å². The summed E-state index contributed by atoms with van der Waals surface area (Å²) in [6.45, 7) is 9.84. The highest BCUT2D eigenvalue weighted by Crippen LogP contribution is 2.23. The second kappa shape index (κ2) is 7.79. The van der Waals surface area contributed by atoms with Crippen molar-refractivity contribution in [1.82, 2.24) is 14.9 Å². The van der Waals surface area contributed by atoms with Crippen molar-refractivity contribution in [2.24, 2.45) is 0 Å². The number of thioether (sulfide) groups is 1. The standard InChI is InChI=1S/C18H24ClN3O2S/c1-6-18(4,5)21-15(23)10-25-17-20-14-9-12(19)7-8-13(14)16(24)22(17)11(2)3/h7-9,11H,6,10H2,1-5H3,(H,21,23). The van der Waals surface area contributed by atoms with Crippen molar-refractivity contribution < 1.29 is 4.79 Å². The first-order chi connectivity index (χ1) is 11.6. The van der Waals surface area contributed by atoms with E-state index in [2.05, 4.69) is 10.3 Å². The maximum absolute atomic E-state index is 12.8. The molecule has 0 fully saturated rings. The van der Waals surface area contributed by atoms with Gasteiger partial charge in [0, 0.05) is 16.6 Å². The SMILES string of the molecule is CCC(C)(C)NC(=O)CSc1nc2cc(Cl)ccc2c(=O)n1C(C)C. The molecule has 25 heavy (non-hydrogen) atoms. The number of halogens is 1. The Kier molecular flexibility index (Phi) is 6.16. The molecule has 0 aliphatic carbocycles. The Hall–Kier alpha value is -1.53. The van der Waals surface area contributed by atoms with Crippen molar-refractivity contribution in [2.75, 3.05) is 5.75 Å². The van der Waals surface area contributed by atoms with Gasteiger partial charge in [-0.2, -0.15) is 0 Å². The van der Waals surface area contributed by atoms with Gasteiger partial charge in [-0.15, -0.1) is 0 Å². The van der Waals surface area contributed by atoms with Crippen molar-refractivity contribution in [3.8, 4) is 0 Å². The lowest BCUT2D eigenvalue weighted by Crippen LogP contribution is -2.43. The zero-order chi connectivity index (χ0) is 18.8. The normalized spacial score (nSPS) is 12.0. The largest absolute Gasteiger partial charge is 0.351 e. The van der Waals surface area contributed by atoms with Crippen LogP contribution in [0.1, 0.15) is 47.1 Å². The second-order valence-electron chi connectivity index (χ2n) is 6.90. The average molecular weight is 382 g/mol. The van der Waals surface area contributed by atoms with E-state index in [1.807, 2.05) is 34.6 Å². The molecule has 2 aromatic rings. The van der Waals surface area contributed by atoms with Crippen molar-refractivity contribution in [3.63, 3.8) is 0 Å². The van der Waals surface area contributed by atoms with E-state index >= 15 is 0 Å². The van der Waals surface area contributed by atoms with Gasteiger partial charge in [-0.1, -0.05) is 30.3 Å². The number of carbonyl (C=O) groups is 1. The predicted octanol–water partition coefficient (Wildman–Crippen LogP) is 4.03. The van der Waals surface area contributed by atoms with Gasteiger partial charge in [-0.25, -0.2) is 4.98 Å². The third-order valence-electron chi connectivity index (χ3n) is 4.04. The maximum atomic E-state index is 12.8. The summed E-state index contributed by atoms with van der Waals surface area (Å²) in [5.74, 6) is 0.127. The number of rotatable bonds is 6. The summed E-state index contributed by atoms with van der Waals surface area (Å²) in [5, 5.41) is 4.57. The molecule has 5 nitrogen and oxygen atoms in total. The van der Waals surface area contributed by atoms with Crippen molar-refractivity contribution in [1.29, 1.82) is 0 Å². The van der Waals surface area contributed by atoms with E-state index in [1.54, 1.807) is 22.8 Å². The molecule has 0 saturated carbocycles. The van der Waals surface area contributed by atoms with E-state index in [-0.39, 0.29) is 28.8 Å². The molecule has 1 aromatic heterocycles. The number of aromatic nitrogens is 2. The molecular formula is C18H24ClN3O2S. The van der Waals surface area contributed by atoms with Gasteiger partial charge in [0.2, 0.25) is 5.91 Å². The van der Waals surface area contributed by atoms with Gasteiger partial charge in [0.15, 0.2) is 5.16 Å². The van der Waals surface area contributed by atoms with Crippen LogP contribution in [-0.4, -0.2) is 26.8 Å². The van der Waals surface area contributed by atoms with Gasteiger partial charge >= 0.3 is 0 Å². The molecule has 7 heteroatoms. The third kappa shape index (κ3) is 4.76. The zero-order valence-corrected chi connectivity index (χ0v) is 16.8. The number of amides is 1. The van der Waals surface area contributed by atoms with E-state index in [0.29, 0.717) is 21.1 Å². The lowest BCUT2D eigenvalue weighted by Gasteiger charge is -2.24. The summed E-state index contributed by atoms with van der Waals surface area (Å²) >= 11 is 7.29. The Morgan fingerprint density at radius 3 is 2.68 bits per heavy atom. The van der Waals surface area contributed by atoms with E-state index in [1.165, 1.54) is 11.8 Å². The summed E-state index contributed by atoms with van der Waals surface area (Å²) in [4.78, 5) is 29.6. The molecule has 136 valence electrons. The van der Waals surface area contributed by atoms with Gasteiger partial charge in [0.25, 0.3) is 5.56 Å². The molecular weight excluding hydrogens is 358 g/mol. The monoisotopic (exact) mass is 381 g/mol. The molecule has 2 rings (SSSR count). The highest BCUT2D eigenvalue weighted by molar-refractivity contribution is 7.99. The number of benzene rings is 1. The van der Waals surface area contributed by atoms with Gasteiger partial charge in [-0.05, 0) is 52.3 Å². The topological polar surface area (TPSA) is 64.0 Å². The summed E-state index contributed by atoms with van der Waals surface area (Å²) in [6, 6.07) is 4.99. The Labute approximate surface area is 157 Å². The zero-order valence-electron chi connectivity index (χ0n) is 15.2. The molecule has 0 radical (unpaired) electrons. The molecule has 0 spiro atoms. The fraction of sp³-hybridized carbons (Fsp3) is 0.500. The average Bonchev–Trinajstić information content (AvgIpc) is 2.51. The predicted molar refractivity (Wildman–Crippen MR) is 105 cm³/mol. The van der Waals surface area contributed by atoms with Crippen LogP contribution in [0.5, 0.6) is 0 Å². The van der Waals surface area contributed by atoms with Crippen molar-refractivity contribution in [2.45, 2.75) is 57.8 Å². The van der Waals surface area contributed by atoms with E-state index in [4.69, 9.17) is 11.6 Å². The number of fused-ring (bicyclic) bond motifs is 1. The maximum Gasteiger partial charge on any atom is 0.262 e. The first-order valence-electron chi connectivity index (χ1n) is 8.30. The first-order valence-corrected chi connectivity index (χ1v) is 9.66. The minimum Gasteiger partial charge on any atom is -0.351 e.